The van der Waals surface area contributed by atoms with Crippen LogP contribution in [0.15, 0.2) is 4.99 Å². The van der Waals surface area contributed by atoms with Crippen LogP contribution in [0.3, 0.4) is 0 Å². The molecule has 1 spiro atoms. The lowest BCUT2D eigenvalue weighted by atomic mass is 9.87. The van der Waals surface area contributed by atoms with Gasteiger partial charge in [0.2, 0.25) is 0 Å². The number of nitrogens with one attached hydrogen (secondary N) is 2. The minimum absolute atomic E-state index is 0.0979. The first kappa shape index (κ1) is 13.3. The predicted molar refractivity (Wildman–Crippen MR) is 72.5 cm³/mol. The van der Waals surface area contributed by atoms with E-state index in [2.05, 4.69) is 41.3 Å². The third-order valence-electron chi connectivity index (χ3n) is 3.90. The van der Waals surface area contributed by atoms with Crippen molar-refractivity contribution >= 4 is 11.9 Å². The fourth-order valence-electron chi connectivity index (χ4n) is 2.62. The Hall–Kier alpha value is -1.10. The molecule has 2 N–H and O–H groups in total. The molecular formula is C13H24N4O. The van der Waals surface area contributed by atoms with E-state index in [9.17, 15) is 4.79 Å². The maximum absolute atomic E-state index is 12.1. The van der Waals surface area contributed by atoms with E-state index in [0.717, 1.165) is 38.9 Å². The van der Waals surface area contributed by atoms with E-state index < -0.39 is 5.54 Å². The van der Waals surface area contributed by atoms with E-state index in [1.807, 2.05) is 0 Å². The second kappa shape index (κ2) is 5.26. The SMILES string of the molecule is CCCN=C1NC(=O)C2(CCN(C(C)C)CC2)N1. The Morgan fingerprint density at radius 2 is 2.06 bits per heavy atom. The van der Waals surface area contributed by atoms with Crippen molar-refractivity contribution in [3.05, 3.63) is 0 Å². The van der Waals surface area contributed by atoms with Gasteiger partial charge >= 0.3 is 0 Å². The zero-order chi connectivity index (χ0) is 13.2. The molecule has 5 heteroatoms. The molecule has 0 atom stereocenters. The Bertz CT molecular complexity index is 343. The Morgan fingerprint density at radius 1 is 1.39 bits per heavy atom. The lowest BCUT2D eigenvalue weighted by Gasteiger charge is -2.39. The summed E-state index contributed by atoms with van der Waals surface area (Å²) in [6.45, 7) is 9.19. The van der Waals surface area contributed by atoms with Crippen molar-refractivity contribution in [1.29, 1.82) is 0 Å². The predicted octanol–water partition coefficient (Wildman–Crippen LogP) is 0.715. The monoisotopic (exact) mass is 252 g/mol. The standard InChI is InChI=1S/C13H24N4O/c1-4-7-14-12-15-11(18)13(16-12)5-8-17(9-6-13)10(2)3/h10H,4-9H2,1-3H3,(H2,14,15,16,18). The second-order valence-electron chi connectivity index (χ2n) is 5.52. The number of likely N-dealkylation sites (tertiary alicyclic amines) is 1. The molecule has 5 nitrogen and oxygen atoms in total. The molecule has 102 valence electrons. The van der Waals surface area contributed by atoms with E-state index in [1.54, 1.807) is 0 Å². The molecule has 2 rings (SSSR count). The zero-order valence-corrected chi connectivity index (χ0v) is 11.6. The van der Waals surface area contributed by atoms with Crippen molar-refractivity contribution in [3.63, 3.8) is 0 Å². The Morgan fingerprint density at radius 3 is 2.61 bits per heavy atom. The van der Waals surface area contributed by atoms with Gasteiger partial charge in [-0.05, 0) is 33.1 Å². The second-order valence-corrected chi connectivity index (χ2v) is 5.52. The number of rotatable bonds is 3. The number of carbonyl (C=O) groups is 1. The van der Waals surface area contributed by atoms with Crippen LogP contribution in [0, 0.1) is 0 Å². The van der Waals surface area contributed by atoms with Crippen LogP contribution in [0.4, 0.5) is 0 Å². The summed E-state index contributed by atoms with van der Waals surface area (Å²) >= 11 is 0. The van der Waals surface area contributed by atoms with Gasteiger partial charge < -0.3 is 10.2 Å². The first-order chi connectivity index (χ1) is 8.57. The lowest BCUT2D eigenvalue weighted by Crippen LogP contribution is -2.55. The third-order valence-corrected chi connectivity index (χ3v) is 3.90. The summed E-state index contributed by atoms with van der Waals surface area (Å²) in [4.78, 5) is 18.9. The topological polar surface area (TPSA) is 56.7 Å². The first-order valence-electron chi connectivity index (χ1n) is 6.95. The van der Waals surface area contributed by atoms with Crippen LogP contribution >= 0.6 is 0 Å². The van der Waals surface area contributed by atoms with Crippen LogP contribution in [0.1, 0.15) is 40.0 Å². The van der Waals surface area contributed by atoms with E-state index in [4.69, 9.17) is 0 Å². The molecular weight excluding hydrogens is 228 g/mol. The van der Waals surface area contributed by atoms with E-state index >= 15 is 0 Å². The third kappa shape index (κ3) is 2.51. The minimum Gasteiger partial charge on any atom is -0.342 e. The molecule has 0 unspecified atom stereocenters. The maximum Gasteiger partial charge on any atom is 0.252 e. The summed E-state index contributed by atoms with van der Waals surface area (Å²) in [5.41, 5.74) is -0.405. The highest BCUT2D eigenvalue weighted by Gasteiger charge is 2.47. The number of piperidine rings is 1. The Labute approximate surface area is 109 Å². The molecule has 0 aromatic heterocycles. The molecule has 0 aromatic rings. The van der Waals surface area contributed by atoms with Crippen molar-refractivity contribution < 1.29 is 4.79 Å². The van der Waals surface area contributed by atoms with Gasteiger partial charge in [-0.1, -0.05) is 6.92 Å². The summed E-state index contributed by atoms with van der Waals surface area (Å²) in [5, 5.41) is 6.19. The number of amides is 1. The molecule has 0 aromatic carbocycles. The van der Waals surface area contributed by atoms with Crippen molar-refractivity contribution in [2.75, 3.05) is 19.6 Å². The van der Waals surface area contributed by atoms with Crippen molar-refractivity contribution in [3.8, 4) is 0 Å². The molecule has 0 bridgehead atoms. The fourth-order valence-corrected chi connectivity index (χ4v) is 2.62. The largest absolute Gasteiger partial charge is 0.342 e. The smallest absolute Gasteiger partial charge is 0.252 e. The normalized spacial score (nSPS) is 25.8. The molecule has 2 fully saturated rings. The molecule has 1 amide bonds. The Balaban J connectivity index is 1.99. The highest BCUT2D eigenvalue weighted by molar-refractivity contribution is 6.09. The zero-order valence-electron chi connectivity index (χ0n) is 11.6. The van der Waals surface area contributed by atoms with Crippen molar-refractivity contribution in [2.24, 2.45) is 4.99 Å². The number of aliphatic imine (C=N–C) groups is 1. The molecule has 0 aliphatic carbocycles. The van der Waals surface area contributed by atoms with Crippen LogP contribution in [-0.4, -0.2) is 48.0 Å². The maximum atomic E-state index is 12.1. The average Bonchev–Trinajstić information content (AvgIpc) is 2.64. The fraction of sp³-hybridized carbons (Fsp3) is 0.846. The molecule has 18 heavy (non-hydrogen) atoms. The summed E-state index contributed by atoms with van der Waals surface area (Å²) in [5.74, 6) is 0.764. The summed E-state index contributed by atoms with van der Waals surface area (Å²) in [6.07, 6.45) is 2.72. The van der Waals surface area contributed by atoms with Crippen LogP contribution in [-0.2, 0) is 4.79 Å². The number of hydrogen-bond acceptors (Lipinski definition) is 3. The van der Waals surface area contributed by atoms with Crippen LogP contribution in [0.5, 0.6) is 0 Å². The average molecular weight is 252 g/mol. The van der Waals surface area contributed by atoms with Crippen molar-refractivity contribution in [1.82, 2.24) is 15.5 Å². The van der Waals surface area contributed by atoms with E-state index in [0.29, 0.717) is 12.0 Å². The highest BCUT2D eigenvalue weighted by Crippen LogP contribution is 2.26. The molecule has 2 aliphatic rings. The molecule has 0 saturated carbocycles. The first-order valence-corrected chi connectivity index (χ1v) is 6.95. The summed E-state index contributed by atoms with van der Waals surface area (Å²) in [6, 6.07) is 0.556. The van der Waals surface area contributed by atoms with E-state index in [-0.39, 0.29) is 5.91 Å². The minimum atomic E-state index is -0.405. The number of guanidine groups is 1. The van der Waals surface area contributed by atoms with Crippen LogP contribution in [0.25, 0.3) is 0 Å². The van der Waals surface area contributed by atoms with Gasteiger partial charge in [-0.3, -0.25) is 15.1 Å². The van der Waals surface area contributed by atoms with Crippen LogP contribution in [0.2, 0.25) is 0 Å². The summed E-state index contributed by atoms with van der Waals surface area (Å²) < 4.78 is 0. The van der Waals surface area contributed by atoms with Gasteiger partial charge in [-0.2, -0.15) is 0 Å². The number of carbonyl (C=O) groups excluding carboxylic acids is 1. The molecule has 0 radical (unpaired) electrons. The van der Waals surface area contributed by atoms with E-state index in [1.165, 1.54) is 0 Å². The summed E-state index contributed by atoms with van der Waals surface area (Å²) in [7, 11) is 0. The number of hydrogen-bond donors (Lipinski definition) is 2. The van der Waals surface area contributed by atoms with Gasteiger partial charge in [0, 0.05) is 25.7 Å². The Kier molecular flexibility index (Phi) is 3.90. The van der Waals surface area contributed by atoms with Crippen molar-refractivity contribution in [2.45, 2.75) is 51.6 Å². The molecule has 2 saturated heterocycles. The van der Waals surface area contributed by atoms with Gasteiger partial charge in [0.15, 0.2) is 5.96 Å². The van der Waals surface area contributed by atoms with Gasteiger partial charge in [-0.25, -0.2) is 0 Å². The molecule has 2 heterocycles. The van der Waals surface area contributed by atoms with Gasteiger partial charge in [0.1, 0.15) is 5.54 Å². The lowest BCUT2D eigenvalue weighted by molar-refractivity contribution is -0.125. The number of nitrogens with zero attached hydrogens (tertiary/aromatic N) is 2. The quantitative estimate of drug-likeness (QED) is 0.778. The van der Waals surface area contributed by atoms with Gasteiger partial charge in [0.25, 0.3) is 5.91 Å². The van der Waals surface area contributed by atoms with Gasteiger partial charge in [0.05, 0.1) is 0 Å². The molecule has 2 aliphatic heterocycles. The van der Waals surface area contributed by atoms with Gasteiger partial charge in [-0.15, -0.1) is 0 Å². The van der Waals surface area contributed by atoms with Crippen LogP contribution < -0.4 is 10.6 Å². The highest BCUT2D eigenvalue weighted by atomic mass is 16.2.